The van der Waals surface area contributed by atoms with Gasteiger partial charge < -0.3 is 14.6 Å². The molecule has 5 heteroatoms. The van der Waals surface area contributed by atoms with Crippen molar-refractivity contribution in [3.05, 3.63) is 24.3 Å². The van der Waals surface area contributed by atoms with Crippen molar-refractivity contribution < 1.29 is 24.2 Å². The predicted octanol–water partition coefficient (Wildman–Crippen LogP) is 1.75. The van der Waals surface area contributed by atoms with Gasteiger partial charge in [-0.3, -0.25) is 4.79 Å². The molecule has 1 heterocycles. The molecule has 1 aliphatic heterocycles. The van der Waals surface area contributed by atoms with Crippen LogP contribution in [0.1, 0.15) is 33.1 Å². The average Bonchev–Trinajstić information content (AvgIpc) is 2.81. The molecule has 0 amide bonds. The third-order valence-electron chi connectivity index (χ3n) is 5.43. The van der Waals surface area contributed by atoms with E-state index in [1.54, 1.807) is 6.92 Å². The van der Waals surface area contributed by atoms with Crippen LogP contribution < -0.4 is 0 Å². The van der Waals surface area contributed by atoms with Gasteiger partial charge in [-0.15, -0.1) is 0 Å². The average molecular weight is 306 g/mol. The molecule has 3 fully saturated rings. The molecule has 22 heavy (non-hydrogen) atoms. The molecule has 0 unspecified atom stereocenters. The van der Waals surface area contributed by atoms with Crippen LogP contribution in [0.25, 0.3) is 0 Å². The van der Waals surface area contributed by atoms with E-state index in [4.69, 9.17) is 9.47 Å². The van der Waals surface area contributed by atoms with Gasteiger partial charge in [-0.05, 0) is 25.7 Å². The second-order valence-electron chi connectivity index (χ2n) is 6.96. The van der Waals surface area contributed by atoms with E-state index in [-0.39, 0.29) is 11.8 Å². The Balaban J connectivity index is 2.04. The fourth-order valence-corrected chi connectivity index (χ4v) is 4.47. The van der Waals surface area contributed by atoms with Crippen molar-refractivity contribution in [3.8, 4) is 0 Å². The van der Waals surface area contributed by atoms with Gasteiger partial charge in [0.1, 0.15) is 12.2 Å². The summed E-state index contributed by atoms with van der Waals surface area (Å²) >= 11 is 0. The van der Waals surface area contributed by atoms with Crippen molar-refractivity contribution in [2.24, 2.45) is 17.8 Å². The number of hydrogen-bond donors (Lipinski definition) is 1. The number of carbonyl (C=O) groups is 2. The first kappa shape index (κ1) is 15.3. The second kappa shape index (κ2) is 4.95. The summed E-state index contributed by atoms with van der Waals surface area (Å²) in [6.07, 6.45) is 0.915. The Labute approximate surface area is 130 Å². The standard InChI is InChI=1S/C17H22O5/c1-8-7-12(21-10(3)18)13-9(2)16(19)22-15(13)14-11(8)5-6-17(14,4)20/h11-15,20H,1-2,5-7H2,3-4H3/t11-,12-,13-,14-,15-,17+/m0/s1. The lowest BCUT2D eigenvalue weighted by atomic mass is 9.77. The highest BCUT2D eigenvalue weighted by atomic mass is 16.6. The first-order chi connectivity index (χ1) is 10.2. The summed E-state index contributed by atoms with van der Waals surface area (Å²) in [5, 5.41) is 10.8. The van der Waals surface area contributed by atoms with Crippen molar-refractivity contribution in [2.75, 3.05) is 0 Å². The zero-order valence-electron chi connectivity index (χ0n) is 13.0. The number of ether oxygens (including phenoxy) is 2. The quantitative estimate of drug-likeness (QED) is 0.454. The molecule has 2 saturated carbocycles. The molecule has 120 valence electrons. The van der Waals surface area contributed by atoms with Gasteiger partial charge in [0, 0.05) is 24.8 Å². The lowest BCUT2D eigenvalue weighted by molar-refractivity contribution is -0.153. The summed E-state index contributed by atoms with van der Waals surface area (Å²) in [7, 11) is 0. The lowest BCUT2D eigenvalue weighted by Gasteiger charge is -2.34. The van der Waals surface area contributed by atoms with E-state index < -0.39 is 35.7 Å². The van der Waals surface area contributed by atoms with Crippen LogP contribution in [0.15, 0.2) is 24.3 Å². The van der Waals surface area contributed by atoms with Crippen LogP contribution in [0, 0.1) is 17.8 Å². The van der Waals surface area contributed by atoms with E-state index in [2.05, 4.69) is 13.2 Å². The van der Waals surface area contributed by atoms with Crippen molar-refractivity contribution in [3.63, 3.8) is 0 Å². The molecule has 3 rings (SSSR count). The number of carbonyl (C=O) groups excluding carboxylic acids is 2. The molecule has 5 nitrogen and oxygen atoms in total. The Morgan fingerprint density at radius 2 is 2.14 bits per heavy atom. The highest BCUT2D eigenvalue weighted by molar-refractivity contribution is 5.91. The zero-order valence-corrected chi connectivity index (χ0v) is 13.0. The first-order valence-electron chi connectivity index (χ1n) is 7.69. The maximum Gasteiger partial charge on any atom is 0.334 e. The van der Waals surface area contributed by atoms with Gasteiger partial charge in [-0.2, -0.15) is 0 Å². The minimum Gasteiger partial charge on any atom is -0.461 e. The maximum absolute atomic E-state index is 12.0. The number of hydrogen-bond acceptors (Lipinski definition) is 5. The van der Waals surface area contributed by atoms with Gasteiger partial charge in [0.15, 0.2) is 0 Å². The molecule has 0 aromatic heterocycles. The van der Waals surface area contributed by atoms with Gasteiger partial charge in [0.05, 0.1) is 11.5 Å². The van der Waals surface area contributed by atoms with Crippen molar-refractivity contribution in [1.82, 2.24) is 0 Å². The Hall–Kier alpha value is -1.62. The second-order valence-corrected chi connectivity index (χ2v) is 6.96. The van der Waals surface area contributed by atoms with Gasteiger partial charge in [-0.1, -0.05) is 18.7 Å². The molecule has 3 aliphatic rings. The van der Waals surface area contributed by atoms with E-state index in [1.807, 2.05) is 0 Å². The smallest absolute Gasteiger partial charge is 0.334 e. The Bertz CT molecular complexity index is 561. The van der Waals surface area contributed by atoms with Crippen LogP contribution in [0.2, 0.25) is 0 Å². The predicted molar refractivity (Wildman–Crippen MR) is 78.7 cm³/mol. The topological polar surface area (TPSA) is 72.8 Å². The zero-order chi connectivity index (χ0) is 16.2. The summed E-state index contributed by atoms with van der Waals surface area (Å²) in [6.45, 7) is 11.1. The van der Waals surface area contributed by atoms with Crippen molar-refractivity contribution in [2.45, 2.75) is 50.9 Å². The molecular formula is C17H22O5. The van der Waals surface area contributed by atoms with E-state index >= 15 is 0 Å². The van der Waals surface area contributed by atoms with Gasteiger partial charge in [0.2, 0.25) is 0 Å². The number of rotatable bonds is 1. The summed E-state index contributed by atoms with van der Waals surface area (Å²) in [6, 6.07) is 0. The van der Waals surface area contributed by atoms with Crippen molar-refractivity contribution >= 4 is 11.9 Å². The minimum atomic E-state index is -0.924. The van der Waals surface area contributed by atoms with Crippen LogP contribution in [0.3, 0.4) is 0 Å². The highest BCUT2D eigenvalue weighted by Gasteiger charge is 2.59. The van der Waals surface area contributed by atoms with E-state index in [1.165, 1.54) is 6.92 Å². The highest BCUT2D eigenvalue weighted by Crippen LogP contribution is 2.54. The number of aliphatic hydroxyl groups is 1. The Morgan fingerprint density at radius 1 is 1.45 bits per heavy atom. The summed E-state index contributed by atoms with van der Waals surface area (Å²) in [5.41, 5.74) is 0.353. The molecule has 0 radical (unpaired) electrons. The molecule has 0 aromatic rings. The van der Waals surface area contributed by atoms with Gasteiger partial charge in [-0.25, -0.2) is 4.79 Å². The molecule has 1 saturated heterocycles. The van der Waals surface area contributed by atoms with E-state index in [0.717, 1.165) is 12.0 Å². The van der Waals surface area contributed by atoms with E-state index in [0.29, 0.717) is 18.4 Å². The van der Waals surface area contributed by atoms with E-state index in [9.17, 15) is 14.7 Å². The Kier molecular flexibility index (Phi) is 3.44. The lowest BCUT2D eigenvalue weighted by Crippen LogP contribution is -2.44. The molecular weight excluding hydrogens is 284 g/mol. The summed E-state index contributed by atoms with van der Waals surface area (Å²) < 4.78 is 11.0. The monoisotopic (exact) mass is 306 g/mol. The van der Waals surface area contributed by atoms with Gasteiger partial charge in [0.25, 0.3) is 0 Å². The largest absolute Gasteiger partial charge is 0.461 e. The molecule has 2 aliphatic carbocycles. The fourth-order valence-electron chi connectivity index (χ4n) is 4.47. The summed E-state index contributed by atoms with van der Waals surface area (Å²) in [4.78, 5) is 23.4. The van der Waals surface area contributed by atoms with Gasteiger partial charge >= 0.3 is 11.9 Å². The SMILES string of the molecule is C=C1C(=O)O[C@H]2[C@@H]1[C@@H](OC(C)=O)CC(=C)[C@@H]1CC[C@@](C)(O)[C@H]21. The molecule has 0 spiro atoms. The van der Waals surface area contributed by atoms with Crippen LogP contribution in [0.4, 0.5) is 0 Å². The molecule has 0 aromatic carbocycles. The third kappa shape index (κ3) is 2.19. The van der Waals surface area contributed by atoms with Crippen LogP contribution >= 0.6 is 0 Å². The first-order valence-corrected chi connectivity index (χ1v) is 7.69. The van der Waals surface area contributed by atoms with Crippen LogP contribution in [0.5, 0.6) is 0 Å². The van der Waals surface area contributed by atoms with Crippen LogP contribution in [-0.4, -0.2) is 34.9 Å². The molecule has 6 atom stereocenters. The fraction of sp³-hybridized carbons (Fsp3) is 0.647. The normalized spacial score (nSPS) is 44.1. The maximum atomic E-state index is 12.0. The minimum absolute atomic E-state index is 0.0711. The summed E-state index contributed by atoms with van der Waals surface area (Å²) in [5.74, 6) is -1.42. The third-order valence-corrected chi connectivity index (χ3v) is 5.43. The number of fused-ring (bicyclic) bond motifs is 3. The number of esters is 2. The van der Waals surface area contributed by atoms with Crippen molar-refractivity contribution in [1.29, 1.82) is 0 Å². The Morgan fingerprint density at radius 3 is 2.77 bits per heavy atom. The molecule has 0 bridgehead atoms. The molecule has 1 N–H and O–H groups in total. The van der Waals surface area contributed by atoms with Crippen LogP contribution in [-0.2, 0) is 19.1 Å².